The lowest BCUT2D eigenvalue weighted by molar-refractivity contribution is 0.305. The molecule has 0 aromatic heterocycles. The van der Waals surface area contributed by atoms with Gasteiger partial charge in [0.15, 0.2) is 0 Å². The van der Waals surface area contributed by atoms with Crippen molar-refractivity contribution in [1.29, 1.82) is 0 Å². The van der Waals surface area contributed by atoms with Gasteiger partial charge in [-0.25, -0.2) is 0 Å². The van der Waals surface area contributed by atoms with Gasteiger partial charge in [-0.3, -0.25) is 4.18 Å². The molecule has 1 aromatic carbocycles. The maximum Gasteiger partial charge on any atom is 0.296 e. The van der Waals surface area contributed by atoms with Crippen molar-refractivity contribution in [1.82, 2.24) is 0 Å². The van der Waals surface area contributed by atoms with E-state index in [0.29, 0.717) is 0 Å². The van der Waals surface area contributed by atoms with Crippen LogP contribution in [0.15, 0.2) is 29.2 Å². The van der Waals surface area contributed by atoms with Crippen LogP contribution in [0.3, 0.4) is 0 Å². The largest absolute Gasteiger partial charge is 0.296 e. The first-order valence-electron chi connectivity index (χ1n) is 12.9. The lowest BCUT2D eigenvalue weighted by Gasteiger charge is -2.11. The summed E-state index contributed by atoms with van der Waals surface area (Å²) in [7, 11) is -3.61. The van der Waals surface area contributed by atoms with Crippen molar-refractivity contribution in [2.75, 3.05) is 6.61 Å². The van der Waals surface area contributed by atoms with Crippen LogP contribution in [0.5, 0.6) is 0 Å². The first-order valence-corrected chi connectivity index (χ1v) is 14.3. The maximum absolute atomic E-state index is 12.1. The van der Waals surface area contributed by atoms with Crippen molar-refractivity contribution < 1.29 is 12.6 Å². The molecule has 1 atom stereocenters. The second-order valence-corrected chi connectivity index (χ2v) is 11.0. The van der Waals surface area contributed by atoms with Crippen LogP contribution in [0, 0.1) is 12.8 Å². The molecule has 1 rings (SSSR count). The van der Waals surface area contributed by atoms with Crippen molar-refractivity contribution in [2.45, 2.75) is 128 Å². The van der Waals surface area contributed by atoms with Gasteiger partial charge in [-0.15, -0.1) is 0 Å². The van der Waals surface area contributed by atoms with Crippen molar-refractivity contribution in [3.8, 4) is 0 Å². The third-order valence-corrected chi connectivity index (χ3v) is 7.52. The fraction of sp³-hybridized carbons (Fsp3) is 0.778. The molecule has 180 valence electrons. The van der Waals surface area contributed by atoms with Crippen LogP contribution in [-0.2, 0) is 14.3 Å². The molecule has 0 amide bonds. The SMILES string of the molecule is CCCCCCCCCCCC[C@H](C)CCCCCCOS(=O)(=O)c1ccc(C)cc1. The molecule has 0 aliphatic carbocycles. The van der Waals surface area contributed by atoms with Gasteiger partial charge in [-0.1, -0.05) is 128 Å². The summed E-state index contributed by atoms with van der Waals surface area (Å²) in [5.74, 6) is 0.812. The van der Waals surface area contributed by atoms with Gasteiger partial charge in [0, 0.05) is 0 Å². The Hall–Kier alpha value is -0.870. The molecule has 0 spiro atoms. The van der Waals surface area contributed by atoms with Gasteiger partial charge in [0.1, 0.15) is 0 Å². The van der Waals surface area contributed by atoms with Gasteiger partial charge < -0.3 is 0 Å². The van der Waals surface area contributed by atoms with E-state index in [1.165, 1.54) is 83.5 Å². The van der Waals surface area contributed by atoms with Gasteiger partial charge in [-0.05, 0) is 31.4 Å². The molecule has 0 unspecified atom stereocenters. The van der Waals surface area contributed by atoms with E-state index >= 15 is 0 Å². The van der Waals surface area contributed by atoms with E-state index < -0.39 is 10.1 Å². The highest BCUT2D eigenvalue weighted by molar-refractivity contribution is 7.86. The quantitative estimate of drug-likeness (QED) is 0.147. The first-order chi connectivity index (χ1) is 15.0. The summed E-state index contributed by atoms with van der Waals surface area (Å²) in [4.78, 5) is 0.249. The minimum Gasteiger partial charge on any atom is -0.266 e. The van der Waals surface area contributed by atoms with Gasteiger partial charge in [0.25, 0.3) is 10.1 Å². The highest BCUT2D eigenvalue weighted by atomic mass is 32.2. The Morgan fingerprint density at radius 3 is 1.68 bits per heavy atom. The second kappa shape index (κ2) is 17.7. The van der Waals surface area contributed by atoms with E-state index in [4.69, 9.17) is 4.18 Å². The van der Waals surface area contributed by atoms with E-state index in [1.54, 1.807) is 24.3 Å². The smallest absolute Gasteiger partial charge is 0.266 e. The molecule has 0 bridgehead atoms. The minimum absolute atomic E-state index is 0.249. The maximum atomic E-state index is 12.1. The standard InChI is InChI=1S/C27H48O3S/c1-4-5-6-7-8-9-10-11-12-15-18-25(2)19-16-13-14-17-24-30-31(28,29)27-22-20-26(3)21-23-27/h20-23,25H,4-19,24H2,1-3H3/t25-/m0/s1. The fourth-order valence-corrected chi connectivity index (χ4v) is 4.96. The average molecular weight is 453 g/mol. The summed E-state index contributed by atoms with van der Waals surface area (Å²) < 4.78 is 29.4. The Morgan fingerprint density at radius 1 is 0.710 bits per heavy atom. The van der Waals surface area contributed by atoms with Crippen LogP contribution in [0.1, 0.15) is 122 Å². The van der Waals surface area contributed by atoms with E-state index in [2.05, 4.69) is 13.8 Å². The van der Waals surface area contributed by atoms with E-state index in [-0.39, 0.29) is 11.5 Å². The number of aryl methyl sites for hydroxylation is 1. The monoisotopic (exact) mass is 452 g/mol. The third kappa shape index (κ3) is 14.7. The molecule has 0 aliphatic rings. The molecule has 0 saturated heterocycles. The van der Waals surface area contributed by atoms with Gasteiger partial charge in [0.05, 0.1) is 11.5 Å². The molecule has 0 radical (unpaired) electrons. The summed E-state index contributed by atoms with van der Waals surface area (Å²) in [6, 6.07) is 6.82. The summed E-state index contributed by atoms with van der Waals surface area (Å²) in [5, 5.41) is 0. The topological polar surface area (TPSA) is 43.4 Å². The van der Waals surface area contributed by atoms with E-state index in [1.807, 2.05) is 6.92 Å². The molecular weight excluding hydrogens is 404 g/mol. The lowest BCUT2D eigenvalue weighted by atomic mass is 9.96. The zero-order chi connectivity index (χ0) is 22.8. The van der Waals surface area contributed by atoms with Crippen LogP contribution in [-0.4, -0.2) is 15.0 Å². The highest BCUT2D eigenvalue weighted by Crippen LogP contribution is 2.19. The van der Waals surface area contributed by atoms with Crippen molar-refractivity contribution in [3.63, 3.8) is 0 Å². The summed E-state index contributed by atoms with van der Waals surface area (Å²) in [6.45, 7) is 6.88. The number of unbranched alkanes of at least 4 members (excludes halogenated alkanes) is 12. The first kappa shape index (κ1) is 28.2. The average Bonchev–Trinajstić information content (AvgIpc) is 2.74. The van der Waals surface area contributed by atoms with E-state index in [9.17, 15) is 8.42 Å². The Balaban J connectivity index is 1.92. The van der Waals surface area contributed by atoms with Crippen LogP contribution in [0.25, 0.3) is 0 Å². The van der Waals surface area contributed by atoms with Crippen LogP contribution < -0.4 is 0 Å². The number of rotatable bonds is 20. The zero-order valence-electron chi connectivity index (χ0n) is 20.5. The molecule has 0 saturated carbocycles. The predicted octanol–water partition coefficient (Wildman–Crippen LogP) is 8.60. The molecule has 1 aromatic rings. The van der Waals surface area contributed by atoms with Crippen molar-refractivity contribution >= 4 is 10.1 Å². The van der Waals surface area contributed by atoms with Crippen LogP contribution in [0.2, 0.25) is 0 Å². The van der Waals surface area contributed by atoms with Gasteiger partial charge in [-0.2, -0.15) is 8.42 Å². The Labute approximate surface area is 193 Å². The Bertz CT molecular complexity index is 637. The zero-order valence-corrected chi connectivity index (χ0v) is 21.4. The minimum atomic E-state index is -3.61. The summed E-state index contributed by atoms with van der Waals surface area (Å²) in [5.41, 5.74) is 1.04. The van der Waals surface area contributed by atoms with Crippen LogP contribution >= 0.6 is 0 Å². The van der Waals surface area contributed by atoms with Gasteiger partial charge >= 0.3 is 0 Å². The van der Waals surface area contributed by atoms with Gasteiger partial charge in [0.2, 0.25) is 0 Å². The summed E-state index contributed by atoms with van der Waals surface area (Å²) in [6.07, 6.45) is 20.9. The molecule has 4 heteroatoms. The number of hydrogen-bond acceptors (Lipinski definition) is 3. The van der Waals surface area contributed by atoms with Crippen molar-refractivity contribution in [2.24, 2.45) is 5.92 Å². The second-order valence-electron chi connectivity index (χ2n) is 9.37. The number of benzene rings is 1. The summed E-state index contributed by atoms with van der Waals surface area (Å²) >= 11 is 0. The molecule has 31 heavy (non-hydrogen) atoms. The third-order valence-electron chi connectivity index (χ3n) is 6.19. The highest BCUT2D eigenvalue weighted by Gasteiger charge is 2.14. The molecule has 0 N–H and O–H groups in total. The molecule has 3 nitrogen and oxygen atoms in total. The Morgan fingerprint density at radius 2 is 1.16 bits per heavy atom. The normalized spacial score (nSPS) is 12.9. The molecular formula is C27H48O3S. The molecule has 0 fully saturated rings. The Kier molecular flexibility index (Phi) is 16.0. The molecule has 0 aliphatic heterocycles. The van der Waals surface area contributed by atoms with Crippen molar-refractivity contribution in [3.05, 3.63) is 29.8 Å². The van der Waals surface area contributed by atoms with E-state index in [0.717, 1.165) is 30.7 Å². The predicted molar refractivity (Wildman–Crippen MR) is 133 cm³/mol. The molecule has 0 heterocycles. The van der Waals surface area contributed by atoms with Crippen LogP contribution in [0.4, 0.5) is 0 Å². The lowest BCUT2D eigenvalue weighted by Crippen LogP contribution is -2.07. The number of hydrogen-bond donors (Lipinski definition) is 0. The fourth-order valence-electron chi connectivity index (χ4n) is 4.01.